The molecule has 0 heterocycles. The van der Waals surface area contributed by atoms with Crippen LogP contribution in [0.1, 0.15) is 0 Å². The topological polar surface area (TPSA) is 0 Å². The van der Waals surface area contributed by atoms with Gasteiger partial charge in [0.05, 0.1) is 0 Å². The third-order valence-electron chi connectivity index (χ3n) is 4.01. The van der Waals surface area contributed by atoms with Crippen LogP contribution in [0.3, 0.4) is 0 Å². The van der Waals surface area contributed by atoms with Crippen molar-refractivity contribution in [1.29, 1.82) is 0 Å². The van der Waals surface area contributed by atoms with Gasteiger partial charge in [0.1, 0.15) is 0 Å². The van der Waals surface area contributed by atoms with Gasteiger partial charge in [0, 0.05) is 0 Å². The minimum absolute atomic E-state index is 1.20. The SMILES string of the molecule is [c]1cccc(-c2ccc(-c3ccc4ccccc4c3)cc2)c1. The van der Waals surface area contributed by atoms with E-state index in [2.05, 4.69) is 78.9 Å². The fourth-order valence-electron chi connectivity index (χ4n) is 2.80. The lowest BCUT2D eigenvalue weighted by Crippen LogP contribution is -1.81. The van der Waals surface area contributed by atoms with E-state index < -0.39 is 0 Å². The molecule has 0 aliphatic carbocycles. The van der Waals surface area contributed by atoms with Crippen LogP contribution in [0.15, 0.2) is 91.0 Å². The van der Waals surface area contributed by atoms with E-state index >= 15 is 0 Å². The molecule has 103 valence electrons. The van der Waals surface area contributed by atoms with Gasteiger partial charge in [0.2, 0.25) is 0 Å². The molecule has 0 saturated carbocycles. The van der Waals surface area contributed by atoms with Crippen LogP contribution in [0.4, 0.5) is 0 Å². The van der Waals surface area contributed by atoms with Crippen LogP contribution in [0, 0.1) is 6.07 Å². The highest BCUT2D eigenvalue weighted by Crippen LogP contribution is 2.27. The average molecular weight is 279 g/mol. The summed E-state index contributed by atoms with van der Waals surface area (Å²) in [6.07, 6.45) is 0. The van der Waals surface area contributed by atoms with Crippen LogP contribution < -0.4 is 0 Å². The molecule has 0 spiro atoms. The molecule has 0 aliphatic rings. The van der Waals surface area contributed by atoms with E-state index in [0.717, 1.165) is 0 Å². The summed E-state index contributed by atoms with van der Waals surface area (Å²) in [5, 5.41) is 2.56. The minimum Gasteiger partial charge on any atom is -0.0616 e. The van der Waals surface area contributed by atoms with Crippen LogP contribution in [0.2, 0.25) is 0 Å². The maximum atomic E-state index is 3.13. The molecule has 0 aromatic heterocycles. The molecule has 4 rings (SSSR count). The van der Waals surface area contributed by atoms with Crippen molar-refractivity contribution in [2.75, 3.05) is 0 Å². The predicted octanol–water partition coefficient (Wildman–Crippen LogP) is 5.97. The summed E-state index contributed by atoms with van der Waals surface area (Å²) in [5.74, 6) is 0. The molecule has 0 fully saturated rings. The minimum atomic E-state index is 1.20. The monoisotopic (exact) mass is 279 g/mol. The van der Waals surface area contributed by atoms with Gasteiger partial charge in [-0.3, -0.25) is 0 Å². The number of fused-ring (bicyclic) bond motifs is 1. The zero-order valence-electron chi connectivity index (χ0n) is 12.2. The van der Waals surface area contributed by atoms with Crippen molar-refractivity contribution >= 4 is 10.8 Å². The van der Waals surface area contributed by atoms with E-state index in [1.807, 2.05) is 18.2 Å². The summed E-state index contributed by atoms with van der Waals surface area (Å²) in [5.41, 5.74) is 4.92. The van der Waals surface area contributed by atoms with Crippen molar-refractivity contribution in [1.82, 2.24) is 0 Å². The van der Waals surface area contributed by atoms with Crippen molar-refractivity contribution < 1.29 is 0 Å². The Morgan fingerprint density at radius 3 is 1.91 bits per heavy atom. The van der Waals surface area contributed by atoms with Gasteiger partial charge >= 0.3 is 0 Å². The Hall–Kier alpha value is -2.86. The molecule has 0 saturated heterocycles. The van der Waals surface area contributed by atoms with Crippen molar-refractivity contribution in [3.63, 3.8) is 0 Å². The quantitative estimate of drug-likeness (QED) is 0.424. The number of hydrogen-bond acceptors (Lipinski definition) is 0. The average Bonchev–Trinajstić information content (AvgIpc) is 2.62. The van der Waals surface area contributed by atoms with Gasteiger partial charge < -0.3 is 0 Å². The highest BCUT2D eigenvalue weighted by molar-refractivity contribution is 5.87. The molecule has 22 heavy (non-hydrogen) atoms. The second-order valence-electron chi connectivity index (χ2n) is 5.43. The molecule has 0 amide bonds. The molecule has 0 heteroatoms. The maximum absolute atomic E-state index is 3.13. The Kier molecular flexibility index (Phi) is 3.21. The summed E-state index contributed by atoms with van der Waals surface area (Å²) < 4.78 is 0. The molecule has 1 radical (unpaired) electrons. The van der Waals surface area contributed by atoms with E-state index in [-0.39, 0.29) is 0 Å². The van der Waals surface area contributed by atoms with E-state index in [1.165, 1.54) is 33.0 Å². The standard InChI is InChI=1S/C22H15/c1-2-6-17(7-3-1)19-10-12-20(13-11-19)22-15-14-18-8-4-5-9-21(18)16-22/h1-2,4-16H. The van der Waals surface area contributed by atoms with Gasteiger partial charge in [0.15, 0.2) is 0 Å². The maximum Gasteiger partial charge on any atom is -0.0178 e. The molecule has 0 bridgehead atoms. The molecular formula is C22H15. The van der Waals surface area contributed by atoms with Gasteiger partial charge in [-0.25, -0.2) is 0 Å². The van der Waals surface area contributed by atoms with Crippen LogP contribution >= 0.6 is 0 Å². The zero-order chi connectivity index (χ0) is 14.8. The lowest BCUT2D eigenvalue weighted by molar-refractivity contribution is 1.59. The first-order chi connectivity index (χ1) is 10.9. The largest absolute Gasteiger partial charge is 0.0616 e. The van der Waals surface area contributed by atoms with E-state index in [9.17, 15) is 0 Å². The molecule has 0 N–H and O–H groups in total. The van der Waals surface area contributed by atoms with Crippen LogP contribution in [-0.2, 0) is 0 Å². The fraction of sp³-hybridized carbons (Fsp3) is 0. The first-order valence-corrected chi connectivity index (χ1v) is 7.46. The third kappa shape index (κ3) is 2.40. The van der Waals surface area contributed by atoms with Crippen LogP contribution in [0.25, 0.3) is 33.0 Å². The lowest BCUT2D eigenvalue weighted by atomic mass is 9.98. The van der Waals surface area contributed by atoms with Gasteiger partial charge in [-0.2, -0.15) is 0 Å². The molecule has 0 unspecified atom stereocenters. The van der Waals surface area contributed by atoms with Crippen LogP contribution in [-0.4, -0.2) is 0 Å². The molecule has 0 atom stereocenters. The Morgan fingerprint density at radius 2 is 1.18 bits per heavy atom. The second-order valence-corrected chi connectivity index (χ2v) is 5.43. The van der Waals surface area contributed by atoms with Gasteiger partial charge in [-0.1, -0.05) is 78.9 Å². The van der Waals surface area contributed by atoms with Crippen molar-refractivity contribution in [3.8, 4) is 22.3 Å². The Morgan fingerprint density at radius 1 is 0.500 bits per heavy atom. The lowest BCUT2D eigenvalue weighted by Gasteiger charge is -2.06. The molecular weight excluding hydrogens is 264 g/mol. The summed E-state index contributed by atoms with van der Waals surface area (Å²) in [7, 11) is 0. The molecule has 4 aromatic carbocycles. The van der Waals surface area contributed by atoms with Crippen molar-refractivity contribution in [3.05, 3.63) is 97.1 Å². The van der Waals surface area contributed by atoms with E-state index in [0.29, 0.717) is 0 Å². The highest BCUT2D eigenvalue weighted by Gasteiger charge is 2.01. The molecule has 0 nitrogen and oxygen atoms in total. The van der Waals surface area contributed by atoms with Crippen molar-refractivity contribution in [2.24, 2.45) is 0 Å². The van der Waals surface area contributed by atoms with Gasteiger partial charge in [-0.15, -0.1) is 0 Å². The van der Waals surface area contributed by atoms with Crippen LogP contribution in [0.5, 0.6) is 0 Å². The summed E-state index contributed by atoms with van der Waals surface area (Å²) >= 11 is 0. The summed E-state index contributed by atoms with van der Waals surface area (Å²) in [6, 6.07) is 35.0. The predicted molar refractivity (Wildman–Crippen MR) is 93.7 cm³/mol. The number of benzene rings is 4. The zero-order valence-corrected chi connectivity index (χ0v) is 12.2. The second kappa shape index (κ2) is 5.50. The third-order valence-corrected chi connectivity index (χ3v) is 4.01. The van der Waals surface area contributed by atoms with E-state index in [1.54, 1.807) is 0 Å². The highest BCUT2D eigenvalue weighted by atomic mass is 14.1. The molecule has 0 aliphatic heterocycles. The first kappa shape index (κ1) is 12.8. The molecule has 4 aromatic rings. The smallest absolute Gasteiger partial charge is 0.0178 e. The Labute approximate surface area is 130 Å². The fourth-order valence-corrected chi connectivity index (χ4v) is 2.80. The van der Waals surface area contributed by atoms with E-state index in [4.69, 9.17) is 0 Å². The number of rotatable bonds is 2. The summed E-state index contributed by atoms with van der Waals surface area (Å²) in [6.45, 7) is 0. The number of hydrogen-bond donors (Lipinski definition) is 0. The van der Waals surface area contributed by atoms with Crippen molar-refractivity contribution in [2.45, 2.75) is 0 Å². The first-order valence-electron chi connectivity index (χ1n) is 7.46. The normalized spacial score (nSPS) is 10.7. The summed E-state index contributed by atoms with van der Waals surface area (Å²) in [4.78, 5) is 0. The Bertz CT molecular complexity index is 903. The Balaban J connectivity index is 1.73. The van der Waals surface area contributed by atoms with Gasteiger partial charge in [0.25, 0.3) is 0 Å². The van der Waals surface area contributed by atoms with Gasteiger partial charge in [-0.05, 0) is 51.2 Å².